The maximum absolute atomic E-state index is 5.60. The third-order valence-corrected chi connectivity index (χ3v) is 2.83. The number of rotatable bonds is 5. The van der Waals surface area contributed by atoms with E-state index in [2.05, 4.69) is 43.4 Å². The first-order chi connectivity index (χ1) is 7.69. The van der Waals surface area contributed by atoms with Gasteiger partial charge >= 0.3 is 0 Å². The summed E-state index contributed by atoms with van der Waals surface area (Å²) in [7, 11) is 0. The number of nitrogens with one attached hydrogen (secondary N) is 1. The van der Waals surface area contributed by atoms with Crippen molar-refractivity contribution in [1.29, 1.82) is 0 Å². The molecule has 2 heteroatoms. The highest BCUT2D eigenvalue weighted by Crippen LogP contribution is 2.23. The van der Waals surface area contributed by atoms with E-state index in [1.807, 2.05) is 0 Å². The number of benzene rings is 1. The molecule has 0 heterocycles. The molecule has 0 aliphatic rings. The summed E-state index contributed by atoms with van der Waals surface area (Å²) in [5, 5.41) is 0. The van der Waals surface area contributed by atoms with Crippen LogP contribution in [0.5, 0.6) is 0 Å². The lowest BCUT2D eigenvalue weighted by Gasteiger charge is -2.18. The van der Waals surface area contributed by atoms with Crippen LogP contribution < -0.4 is 11.3 Å². The molecule has 0 amide bonds. The molecule has 16 heavy (non-hydrogen) atoms. The molecule has 0 aliphatic carbocycles. The fraction of sp³-hybridized carbons (Fsp3) is 0.429. The maximum atomic E-state index is 5.60. The van der Waals surface area contributed by atoms with E-state index in [0.29, 0.717) is 0 Å². The van der Waals surface area contributed by atoms with E-state index in [0.717, 1.165) is 19.3 Å². The van der Waals surface area contributed by atoms with Gasteiger partial charge < -0.3 is 0 Å². The van der Waals surface area contributed by atoms with E-state index in [-0.39, 0.29) is 6.04 Å². The number of hydrazine groups is 1. The Morgan fingerprint density at radius 1 is 1.44 bits per heavy atom. The molecule has 0 spiro atoms. The molecule has 1 aromatic carbocycles. The molecular formula is C14H20N2. The first kappa shape index (κ1) is 12.8. The van der Waals surface area contributed by atoms with Crippen LogP contribution in [0.4, 0.5) is 0 Å². The largest absolute Gasteiger partial charge is 0.271 e. The quantitative estimate of drug-likeness (QED) is 0.344. The summed E-state index contributed by atoms with van der Waals surface area (Å²) in [6.07, 6.45) is 8.03. The van der Waals surface area contributed by atoms with Crippen LogP contribution in [0.25, 0.3) is 0 Å². The smallest absolute Gasteiger partial charge is 0.0463 e. The lowest BCUT2D eigenvalue weighted by Crippen LogP contribution is -2.28. The van der Waals surface area contributed by atoms with E-state index in [4.69, 9.17) is 12.3 Å². The van der Waals surface area contributed by atoms with E-state index in [9.17, 15) is 0 Å². The highest BCUT2D eigenvalue weighted by molar-refractivity contribution is 5.32. The van der Waals surface area contributed by atoms with Crippen LogP contribution in [0.3, 0.4) is 0 Å². The van der Waals surface area contributed by atoms with Gasteiger partial charge in [-0.25, -0.2) is 0 Å². The molecule has 0 saturated carbocycles. The Labute approximate surface area is 98.2 Å². The average Bonchev–Trinajstić information content (AvgIpc) is 2.28. The molecule has 86 valence electrons. The molecule has 1 atom stereocenters. The normalized spacial score (nSPS) is 12.1. The van der Waals surface area contributed by atoms with Crippen molar-refractivity contribution in [1.82, 2.24) is 5.43 Å². The molecule has 1 unspecified atom stereocenters. The van der Waals surface area contributed by atoms with Gasteiger partial charge in [0.05, 0.1) is 0 Å². The van der Waals surface area contributed by atoms with Crippen molar-refractivity contribution >= 4 is 0 Å². The molecule has 1 rings (SSSR count). The predicted molar refractivity (Wildman–Crippen MR) is 68.7 cm³/mol. The van der Waals surface area contributed by atoms with Crippen LogP contribution in [0.15, 0.2) is 18.2 Å². The van der Waals surface area contributed by atoms with Gasteiger partial charge in [0.15, 0.2) is 0 Å². The lowest BCUT2D eigenvalue weighted by molar-refractivity contribution is 0.500. The van der Waals surface area contributed by atoms with Gasteiger partial charge in [0.1, 0.15) is 0 Å². The molecule has 0 aliphatic heterocycles. The van der Waals surface area contributed by atoms with Gasteiger partial charge in [0.2, 0.25) is 0 Å². The predicted octanol–water partition coefficient (Wildman–Crippen LogP) is 2.61. The summed E-state index contributed by atoms with van der Waals surface area (Å²) >= 11 is 0. The summed E-state index contributed by atoms with van der Waals surface area (Å²) < 4.78 is 0. The molecule has 3 N–H and O–H groups in total. The van der Waals surface area contributed by atoms with Gasteiger partial charge in [-0.05, 0) is 37.8 Å². The van der Waals surface area contributed by atoms with Crippen LogP contribution in [0, 0.1) is 26.2 Å². The van der Waals surface area contributed by atoms with Crippen LogP contribution in [-0.4, -0.2) is 0 Å². The second-order valence-corrected chi connectivity index (χ2v) is 4.18. The van der Waals surface area contributed by atoms with Gasteiger partial charge in [0.25, 0.3) is 0 Å². The number of hydrogen-bond acceptors (Lipinski definition) is 2. The second-order valence-electron chi connectivity index (χ2n) is 4.18. The monoisotopic (exact) mass is 216 g/mol. The fourth-order valence-corrected chi connectivity index (χ4v) is 1.87. The van der Waals surface area contributed by atoms with Gasteiger partial charge in [-0.1, -0.05) is 23.8 Å². The maximum Gasteiger partial charge on any atom is 0.0463 e. The van der Waals surface area contributed by atoms with Crippen molar-refractivity contribution in [2.75, 3.05) is 0 Å². The van der Waals surface area contributed by atoms with Gasteiger partial charge in [-0.3, -0.25) is 11.3 Å². The van der Waals surface area contributed by atoms with Crippen LogP contribution >= 0.6 is 0 Å². The van der Waals surface area contributed by atoms with Gasteiger partial charge in [0, 0.05) is 12.5 Å². The molecule has 0 fully saturated rings. The van der Waals surface area contributed by atoms with E-state index in [1.54, 1.807) is 0 Å². The topological polar surface area (TPSA) is 38.0 Å². The number of aryl methyl sites for hydroxylation is 2. The Morgan fingerprint density at radius 2 is 2.19 bits per heavy atom. The van der Waals surface area contributed by atoms with Crippen molar-refractivity contribution in [2.45, 2.75) is 39.2 Å². The third kappa shape index (κ3) is 3.37. The Balaban J connectivity index is 2.78. The number of hydrogen-bond donors (Lipinski definition) is 2. The summed E-state index contributed by atoms with van der Waals surface area (Å²) in [4.78, 5) is 0. The first-order valence-corrected chi connectivity index (χ1v) is 5.65. The number of nitrogens with two attached hydrogens (primary N) is 1. The lowest BCUT2D eigenvalue weighted by atomic mass is 9.96. The molecule has 0 saturated heterocycles. The highest BCUT2D eigenvalue weighted by Gasteiger charge is 2.11. The minimum atomic E-state index is 0.202. The van der Waals surface area contributed by atoms with E-state index < -0.39 is 0 Å². The fourth-order valence-electron chi connectivity index (χ4n) is 1.87. The minimum absolute atomic E-state index is 0.202. The molecule has 0 bridgehead atoms. The Bertz CT molecular complexity index is 377. The van der Waals surface area contributed by atoms with Crippen molar-refractivity contribution in [3.05, 3.63) is 34.9 Å². The summed E-state index contributed by atoms with van der Waals surface area (Å²) in [5.41, 5.74) is 6.69. The summed E-state index contributed by atoms with van der Waals surface area (Å²) in [6, 6.07) is 6.65. The first-order valence-electron chi connectivity index (χ1n) is 5.65. The minimum Gasteiger partial charge on any atom is -0.271 e. The molecule has 2 nitrogen and oxygen atoms in total. The van der Waals surface area contributed by atoms with Crippen LogP contribution in [0.2, 0.25) is 0 Å². The summed E-state index contributed by atoms with van der Waals surface area (Å²) in [5.74, 6) is 8.26. The molecule has 1 aromatic rings. The molecule has 0 aromatic heterocycles. The van der Waals surface area contributed by atoms with Crippen molar-refractivity contribution in [3.8, 4) is 12.3 Å². The number of terminal acetylenes is 1. The van der Waals surface area contributed by atoms with Crippen molar-refractivity contribution < 1.29 is 0 Å². The standard InChI is InChI=1S/C14H20N2/c1-4-5-6-7-14(16-15)13-10-11(2)8-9-12(13)3/h1,8-10,14,16H,5-7,15H2,2-3H3. The van der Waals surface area contributed by atoms with Crippen molar-refractivity contribution in [3.63, 3.8) is 0 Å². The summed E-state index contributed by atoms with van der Waals surface area (Å²) in [6.45, 7) is 4.21. The second kappa shape index (κ2) is 6.32. The van der Waals surface area contributed by atoms with Gasteiger partial charge in [-0.15, -0.1) is 12.3 Å². The zero-order chi connectivity index (χ0) is 12.0. The SMILES string of the molecule is C#CCCCC(NN)c1cc(C)ccc1C. The van der Waals surface area contributed by atoms with Crippen molar-refractivity contribution in [2.24, 2.45) is 5.84 Å². The molecular weight excluding hydrogens is 196 g/mol. The Kier molecular flexibility index (Phi) is 5.04. The number of unbranched alkanes of at least 4 members (excludes halogenated alkanes) is 1. The van der Waals surface area contributed by atoms with Crippen LogP contribution in [0.1, 0.15) is 42.0 Å². The highest BCUT2D eigenvalue weighted by atomic mass is 15.2. The van der Waals surface area contributed by atoms with E-state index in [1.165, 1.54) is 16.7 Å². The van der Waals surface area contributed by atoms with E-state index >= 15 is 0 Å². The zero-order valence-electron chi connectivity index (χ0n) is 10.1. The zero-order valence-corrected chi connectivity index (χ0v) is 10.1. The average molecular weight is 216 g/mol. The van der Waals surface area contributed by atoms with Crippen LogP contribution in [-0.2, 0) is 0 Å². The Hall–Kier alpha value is -1.30. The third-order valence-electron chi connectivity index (χ3n) is 2.83. The van der Waals surface area contributed by atoms with Gasteiger partial charge in [-0.2, -0.15) is 0 Å². The molecule has 0 radical (unpaired) electrons. The Morgan fingerprint density at radius 3 is 2.81 bits per heavy atom.